The van der Waals surface area contributed by atoms with Crippen molar-refractivity contribution in [2.75, 3.05) is 13.1 Å². The summed E-state index contributed by atoms with van der Waals surface area (Å²) in [7, 11) is 0. The van der Waals surface area contributed by atoms with E-state index >= 15 is 0 Å². The molecule has 0 aliphatic carbocycles. The van der Waals surface area contributed by atoms with Gasteiger partial charge in [-0.15, -0.1) is 0 Å². The molecule has 2 aromatic carbocycles. The monoisotopic (exact) mass is 324 g/mol. The Bertz CT molecular complexity index is 614. The quantitative estimate of drug-likeness (QED) is 0.823. The van der Waals surface area contributed by atoms with Gasteiger partial charge < -0.3 is 10.6 Å². The maximum atomic E-state index is 12.7. The molecule has 24 heavy (non-hydrogen) atoms. The summed E-state index contributed by atoms with van der Waals surface area (Å²) in [5, 5.41) is 5.55. The van der Waals surface area contributed by atoms with Gasteiger partial charge in [-0.05, 0) is 17.0 Å². The number of rotatable bonds is 7. The van der Waals surface area contributed by atoms with Crippen LogP contribution in [0.4, 0.5) is 0 Å². The minimum Gasteiger partial charge on any atom is -0.354 e. The second-order valence-corrected chi connectivity index (χ2v) is 6.17. The highest BCUT2D eigenvalue weighted by atomic mass is 16.2. The first-order chi connectivity index (χ1) is 11.6. The number of nitrogens with one attached hydrogen (secondary N) is 2. The van der Waals surface area contributed by atoms with E-state index in [2.05, 4.69) is 10.6 Å². The van der Waals surface area contributed by atoms with Crippen LogP contribution in [0.5, 0.6) is 0 Å². The zero-order chi connectivity index (χ0) is 17.4. The fourth-order valence-corrected chi connectivity index (χ4v) is 2.44. The van der Waals surface area contributed by atoms with Crippen LogP contribution in [-0.2, 0) is 9.59 Å². The third-order valence-electron chi connectivity index (χ3n) is 3.66. The zero-order valence-electron chi connectivity index (χ0n) is 14.2. The van der Waals surface area contributed by atoms with E-state index in [1.165, 1.54) is 0 Å². The van der Waals surface area contributed by atoms with Gasteiger partial charge in [0.25, 0.3) is 0 Å². The van der Waals surface area contributed by atoms with Crippen molar-refractivity contribution in [3.8, 4) is 0 Å². The third-order valence-corrected chi connectivity index (χ3v) is 3.66. The van der Waals surface area contributed by atoms with Gasteiger partial charge in [0.1, 0.15) is 0 Å². The smallest absolute Gasteiger partial charge is 0.239 e. The van der Waals surface area contributed by atoms with E-state index < -0.39 is 5.92 Å². The summed E-state index contributed by atoms with van der Waals surface area (Å²) in [6, 6.07) is 19.2. The van der Waals surface area contributed by atoms with Crippen LogP contribution in [0.2, 0.25) is 0 Å². The van der Waals surface area contributed by atoms with Crippen molar-refractivity contribution < 1.29 is 9.59 Å². The topological polar surface area (TPSA) is 58.2 Å². The molecule has 0 aliphatic rings. The first-order valence-corrected chi connectivity index (χ1v) is 8.22. The van der Waals surface area contributed by atoms with E-state index in [0.29, 0.717) is 12.5 Å². The fourth-order valence-electron chi connectivity index (χ4n) is 2.44. The Morgan fingerprint density at radius 3 is 1.79 bits per heavy atom. The van der Waals surface area contributed by atoms with E-state index in [0.717, 1.165) is 11.1 Å². The highest BCUT2D eigenvalue weighted by molar-refractivity contribution is 5.90. The molecule has 0 aromatic heterocycles. The molecule has 0 bridgehead atoms. The van der Waals surface area contributed by atoms with Crippen molar-refractivity contribution in [2.45, 2.75) is 19.8 Å². The minimum absolute atomic E-state index is 0.0122. The molecule has 126 valence electrons. The largest absolute Gasteiger partial charge is 0.354 e. The van der Waals surface area contributed by atoms with Crippen molar-refractivity contribution in [3.05, 3.63) is 71.8 Å². The first-order valence-electron chi connectivity index (χ1n) is 8.22. The van der Waals surface area contributed by atoms with E-state index in [-0.39, 0.29) is 18.4 Å². The SMILES string of the molecule is CC(C)CNC(=O)CNC(=O)C(c1ccccc1)c1ccccc1. The van der Waals surface area contributed by atoms with E-state index in [1.54, 1.807) is 0 Å². The van der Waals surface area contributed by atoms with Crippen LogP contribution in [-0.4, -0.2) is 24.9 Å². The number of amides is 2. The Balaban J connectivity index is 2.08. The number of hydrogen-bond donors (Lipinski definition) is 2. The van der Waals surface area contributed by atoms with Crippen molar-refractivity contribution in [1.29, 1.82) is 0 Å². The van der Waals surface area contributed by atoms with Crippen LogP contribution in [0.1, 0.15) is 30.9 Å². The molecular weight excluding hydrogens is 300 g/mol. The fraction of sp³-hybridized carbons (Fsp3) is 0.300. The highest BCUT2D eigenvalue weighted by Gasteiger charge is 2.22. The van der Waals surface area contributed by atoms with Gasteiger partial charge in [0, 0.05) is 6.54 Å². The lowest BCUT2D eigenvalue weighted by molar-refractivity contribution is -0.126. The van der Waals surface area contributed by atoms with Crippen molar-refractivity contribution in [3.63, 3.8) is 0 Å². The molecule has 0 fully saturated rings. The second-order valence-electron chi connectivity index (χ2n) is 6.17. The molecule has 0 atom stereocenters. The van der Waals surface area contributed by atoms with E-state index in [1.807, 2.05) is 74.5 Å². The molecule has 0 unspecified atom stereocenters. The Morgan fingerprint density at radius 1 is 0.833 bits per heavy atom. The molecule has 0 radical (unpaired) electrons. The van der Waals surface area contributed by atoms with Crippen LogP contribution in [0.3, 0.4) is 0 Å². The van der Waals surface area contributed by atoms with Crippen molar-refractivity contribution in [1.82, 2.24) is 10.6 Å². The molecule has 4 nitrogen and oxygen atoms in total. The van der Waals surface area contributed by atoms with Gasteiger partial charge in [0.05, 0.1) is 12.5 Å². The van der Waals surface area contributed by atoms with E-state index in [4.69, 9.17) is 0 Å². The van der Waals surface area contributed by atoms with Gasteiger partial charge in [-0.2, -0.15) is 0 Å². The molecule has 2 rings (SSSR count). The number of carbonyl (C=O) groups is 2. The molecule has 0 aliphatic heterocycles. The zero-order valence-corrected chi connectivity index (χ0v) is 14.2. The van der Waals surface area contributed by atoms with Gasteiger partial charge in [-0.3, -0.25) is 9.59 Å². The van der Waals surface area contributed by atoms with Crippen LogP contribution < -0.4 is 10.6 Å². The maximum Gasteiger partial charge on any atom is 0.239 e. The molecular formula is C20H24N2O2. The normalized spacial score (nSPS) is 10.7. The predicted octanol–water partition coefficient (Wildman–Crippen LogP) is 2.71. The average molecular weight is 324 g/mol. The van der Waals surface area contributed by atoms with Gasteiger partial charge in [-0.1, -0.05) is 74.5 Å². The number of hydrogen-bond acceptors (Lipinski definition) is 2. The Kier molecular flexibility index (Phi) is 6.55. The van der Waals surface area contributed by atoms with Crippen LogP contribution in [0.25, 0.3) is 0 Å². The Morgan fingerprint density at radius 2 is 1.33 bits per heavy atom. The van der Waals surface area contributed by atoms with E-state index in [9.17, 15) is 9.59 Å². The summed E-state index contributed by atoms with van der Waals surface area (Å²) in [5.41, 5.74) is 1.81. The lowest BCUT2D eigenvalue weighted by Crippen LogP contribution is -2.40. The standard InChI is InChI=1S/C20H24N2O2/c1-15(2)13-21-18(23)14-22-20(24)19(16-9-5-3-6-10-16)17-11-7-4-8-12-17/h3-12,15,19H,13-14H2,1-2H3,(H,21,23)(H,22,24). The molecule has 0 saturated carbocycles. The molecule has 0 saturated heterocycles. The minimum atomic E-state index is -0.426. The number of carbonyl (C=O) groups excluding carboxylic acids is 2. The molecule has 0 heterocycles. The Labute approximate surface area is 143 Å². The van der Waals surface area contributed by atoms with Crippen molar-refractivity contribution in [2.24, 2.45) is 5.92 Å². The second kappa shape index (κ2) is 8.87. The summed E-state index contributed by atoms with van der Waals surface area (Å²) in [6.45, 7) is 4.65. The van der Waals surface area contributed by atoms with Gasteiger partial charge >= 0.3 is 0 Å². The first kappa shape index (κ1) is 17.7. The molecule has 2 N–H and O–H groups in total. The van der Waals surface area contributed by atoms with Crippen LogP contribution >= 0.6 is 0 Å². The summed E-state index contributed by atoms with van der Waals surface area (Å²) in [5.74, 6) is -0.389. The molecule has 2 amide bonds. The summed E-state index contributed by atoms with van der Waals surface area (Å²) < 4.78 is 0. The lowest BCUT2D eigenvalue weighted by atomic mass is 9.90. The number of benzene rings is 2. The van der Waals surface area contributed by atoms with Gasteiger partial charge in [-0.25, -0.2) is 0 Å². The summed E-state index contributed by atoms with van der Waals surface area (Å²) in [4.78, 5) is 24.5. The summed E-state index contributed by atoms with van der Waals surface area (Å²) >= 11 is 0. The molecule has 0 spiro atoms. The summed E-state index contributed by atoms with van der Waals surface area (Å²) in [6.07, 6.45) is 0. The third kappa shape index (κ3) is 5.23. The van der Waals surface area contributed by atoms with Crippen molar-refractivity contribution >= 4 is 11.8 Å². The molecule has 4 heteroatoms. The predicted molar refractivity (Wildman–Crippen MR) is 95.6 cm³/mol. The average Bonchev–Trinajstić information content (AvgIpc) is 2.60. The van der Waals surface area contributed by atoms with Gasteiger partial charge in [0.15, 0.2) is 0 Å². The highest BCUT2D eigenvalue weighted by Crippen LogP contribution is 2.24. The van der Waals surface area contributed by atoms with Crippen LogP contribution in [0.15, 0.2) is 60.7 Å². The Hall–Kier alpha value is -2.62. The lowest BCUT2D eigenvalue weighted by Gasteiger charge is -2.18. The maximum absolute atomic E-state index is 12.7. The molecule has 2 aromatic rings. The van der Waals surface area contributed by atoms with Gasteiger partial charge in [0.2, 0.25) is 11.8 Å². The van der Waals surface area contributed by atoms with Crippen LogP contribution in [0, 0.1) is 5.92 Å².